The largest absolute Gasteiger partial charge is 0.366 e. The molecule has 0 spiro atoms. The standard InChI is InChI=1S/C30H38FN7O2/c1-37(2)17-5-8-28(40)38(3)20-27(39)33-26-7-4-6-21(18-26)9-10-22-19-32-30(36-29(22)34-24-15-16-24)35-25-13-11-23(31)12-14-25/h5,8,11-14,19,21,24,26H,4,6-7,15-18,20H2,1-3H3,(H,33,39)(H2,32,34,35,36)/b8-5+/t21-,26-/m0/s1. The fourth-order valence-electron chi connectivity index (χ4n) is 4.42. The summed E-state index contributed by atoms with van der Waals surface area (Å²) < 4.78 is 13.2. The van der Waals surface area contributed by atoms with Gasteiger partial charge in [-0.3, -0.25) is 9.59 Å². The molecule has 2 aliphatic carbocycles. The lowest BCUT2D eigenvalue weighted by molar-refractivity contribution is -0.131. The highest BCUT2D eigenvalue weighted by atomic mass is 19.1. The minimum Gasteiger partial charge on any atom is -0.366 e. The lowest BCUT2D eigenvalue weighted by Gasteiger charge is -2.27. The number of benzene rings is 1. The molecule has 2 saturated carbocycles. The first-order valence-electron chi connectivity index (χ1n) is 13.8. The van der Waals surface area contributed by atoms with Gasteiger partial charge in [-0.2, -0.15) is 4.98 Å². The quantitative estimate of drug-likeness (QED) is 0.309. The average molecular weight is 548 g/mol. The zero-order chi connectivity index (χ0) is 28.5. The summed E-state index contributed by atoms with van der Waals surface area (Å²) in [4.78, 5) is 37.3. The molecule has 2 amide bonds. The van der Waals surface area contributed by atoms with Crippen LogP contribution in [0.3, 0.4) is 0 Å². The Bertz CT molecular complexity index is 1270. The van der Waals surface area contributed by atoms with Gasteiger partial charge in [-0.25, -0.2) is 9.37 Å². The molecule has 1 aromatic heterocycles. The van der Waals surface area contributed by atoms with E-state index in [1.54, 1.807) is 31.5 Å². The number of halogens is 1. The highest BCUT2D eigenvalue weighted by Crippen LogP contribution is 2.27. The highest BCUT2D eigenvalue weighted by molar-refractivity contribution is 5.91. The maximum Gasteiger partial charge on any atom is 0.246 e. The first-order chi connectivity index (χ1) is 19.2. The molecule has 0 saturated heterocycles. The summed E-state index contributed by atoms with van der Waals surface area (Å²) in [5, 5.41) is 9.63. The van der Waals surface area contributed by atoms with Gasteiger partial charge >= 0.3 is 0 Å². The molecule has 0 unspecified atom stereocenters. The molecule has 2 fully saturated rings. The molecule has 1 heterocycles. The summed E-state index contributed by atoms with van der Waals surface area (Å²) in [6.45, 7) is 0.682. The number of nitrogens with zero attached hydrogens (tertiary/aromatic N) is 4. The highest BCUT2D eigenvalue weighted by Gasteiger charge is 2.24. The number of nitrogens with one attached hydrogen (secondary N) is 3. The van der Waals surface area contributed by atoms with Crippen LogP contribution in [0.4, 0.5) is 21.8 Å². The zero-order valence-electron chi connectivity index (χ0n) is 23.4. The lowest BCUT2D eigenvalue weighted by Crippen LogP contribution is -2.44. The monoisotopic (exact) mass is 547 g/mol. The lowest BCUT2D eigenvalue weighted by atomic mass is 9.86. The molecule has 10 heteroatoms. The van der Waals surface area contributed by atoms with E-state index in [0.717, 1.165) is 44.1 Å². The smallest absolute Gasteiger partial charge is 0.246 e. The summed E-state index contributed by atoms with van der Waals surface area (Å²) in [6, 6.07) is 6.45. The van der Waals surface area contributed by atoms with Crippen LogP contribution in [-0.2, 0) is 9.59 Å². The number of hydrogen-bond acceptors (Lipinski definition) is 7. The fourth-order valence-corrected chi connectivity index (χ4v) is 4.42. The molecule has 2 atom stereocenters. The van der Waals surface area contributed by atoms with Crippen molar-refractivity contribution in [2.24, 2.45) is 5.92 Å². The average Bonchev–Trinajstić information content (AvgIpc) is 3.73. The van der Waals surface area contributed by atoms with Crippen LogP contribution in [0.5, 0.6) is 0 Å². The van der Waals surface area contributed by atoms with E-state index in [0.29, 0.717) is 30.0 Å². The number of rotatable bonds is 10. The van der Waals surface area contributed by atoms with Crippen LogP contribution < -0.4 is 16.0 Å². The Morgan fingerprint density at radius 3 is 2.60 bits per heavy atom. The van der Waals surface area contributed by atoms with Gasteiger partial charge < -0.3 is 25.8 Å². The van der Waals surface area contributed by atoms with Crippen molar-refractivity contribution in [1.82, 2.24) is 25.1 Å². The molecule has 212 valence electrons. The Kier molecular flexibility index (Phi) is 10.1. The first-order valence-corrected chi connectivity index (χ1v) is 13.8. The van der Waals surface area contributed by atoms with E-state index in [-0.39, 0.29) is 36.1 Å². The molecule has 3 N–H and O–H groups in total. The Morgan fingerprint density at radius 1 is 1.10 bits per heavy atom. The van der Waals surface area contributed by atoms with E-state index in [4.69, 9.17) is 0 Å². The van der Waals surface area contributed by atoms with Gasteiger partial charge in [0.1, 0.15) is 11.6 Å². The van der Waals surface area contributed by atoms with Crippen LogP contribution in [0.25, 0.3) is 0 Å². The number of amides is 2. The Hall–Kier alpha value is -3.97. The van der Waals surface area contributed by atoms with Crippen molar-refractivity contribution >= 4 is 29.3 Å². The topological polar surface area (TPSA) is 102 Å². The predicted molar refractivity (Wildman–Crippen MR) is 154 cm³/mol. The summed E-state index contributed by atoms with van der Waals surface area (Å²) in [5.41, 5.74) is 1.43. The zero-order valence-corrected chi connectivity index (χ0v) is 23.4. The molecular formula is C30H38FN7O2. The number of carbonyl (C=O) groups is 2. The number of likely N-dealkylation sites (N-methyl/N-ethyl adjacent to an activating group) is 2. The van der Waals surface area contributed by atoms with E-state index in [1.807, 2.05) is 19.0 Å². The predicted octanol–water partition coefficient (Wildman–Crippen LogP) is 3.54. The van der Waals surface area contributed by atoms with E-state index in [2.05, 4.69) is 37.8 Å². The van der Waals surface area contributed by atoms with Crippen molar-refractivity contribution < 1.29 is 14.0 Å². The number of anilines is 3. The molecule has 0 bridgehead atoms. The fraction of sp³-hybridized carbons (Fsp3) is 0.467. The van der Waals surface area contributed by atoms with Gasteiger partial charge in [0.15, 0.2) is 0 Å². The summed E-state index contributed by atoms with van der Waals surface area (Å²) in [5.74, 6) is 7.23. The molecule has 0 aliphatic heterocycles. The molecule has 4 rings (SSSR count). The third-order valence-corrected chi connectivity index (χ3v) is 6.75. The van der Waals surface area contributed by atoms with Crippen molar-refractivity contribution in [2.75, 3.05) is 44.9 Å². The second-order valence-electron chi connectivity index (χ2n) is 10.8. The van der Waals surface area contributed by atoms with E-state index < -0.39 is 0 Å². The van der Waals surface area contributed by atoms with Crippen LogP contribution in [0, 0.1) is 23.6 Å². The Morgan fingerprint density at radius 2 is 1.88 bits per heavy atom. The van der Waals surface area contributed by atoms with E-state index >= 15 is 0 Å². The van der Waals surface area contributed by atoms with Crippen molar-refractivity contribution in [2.45, 2.75) is 50.6 Å². The third-order valence-electron chi connectivity index (χ3n) is 6.75. The summed E-state index contributed by atoms with van der Waals surface area (Å²) in [7, 11) is 5.49. The minimum atomic E-state index is -0.302. The number of hydrogen-bond donors (Lipinski definition) is 3. The molecule has 40 heavy (non-hydrogen) atoms. The second-order valence-corrected chi connectivity index (χ2v) is 10.8. The number of carbonyl (C=O) groups excluding carboxylic acids is 2. The molecular weight excluding hydrogens is 509 g/mol. The SMILES string of the molecule is CN(C)C/C=C/C(=O)N(C)CC(=O)N[C@H]1CCC[C@@H](C#Cc2cnc(Nc3ccc(F)cc3)nc2NC2CC2)C1. The van der Waals surface area contributed by atoms with Crippen LogP contribution in [0.15, 0.2) is 42.6 Å². The minimum absolute atomic E-state index is 0.0177. The normalized spacial score (nSPS) is 18.6. The van der Waals surface area contributed by atoms with Crippen molar-refractivity contribution in [3.8, 4) is 11.8 Å². The van der Waals surface area contributed by atoms with Gasteiger partial charge in [0.25, 0.3) is 0 Å². The van der Waals surface area contributed by atoms with Gasteiger partial charge in [0, 0.05) is 43.4 Å². The first kappa shape index (κ1) is 29.0. The Labute approximate surface area is 235 Å². The van der Waals surface area contributed by atoms with Crippen LogP contribution in [-0.4, -0.2) is 77.9 Å². The van der Waals surface area contributed by atoms with Gasteiger partial charge in [-0.15, -0.1) is 0 Å². The third kappa shape index (κ3) is 9.35. The van der Waals surface area contributed by atoms with Crippen molar-refractivity contribution in [3.63, 3.8) is 0 Å². The van der Waals surface area contributed by atoms with Crippen LogP contribution in [0.1, 0.15) is 44.1 Å². The molecule has 1 aromatic carbocycles. The van der Waals surface area contributed by atoms with Gasteiger partial charge in [-0.05, 0) is 70.5 Å². The molecule has 9 nitrogen and oxygen atoms in total. The second kappa shape index (κ2) is 13.9. The Balaban J connectivity index is 1.33. The van der Waals surface area contributed by atoms with Crippen molar-refractivity contribution in [1.29, 1.82) is 0 Å². The molecule has 0 radical (unpaired) electrons. The van der Waals surface area contributed by atoms with Crippen LogP contribution in [0.2, 0.25) is 0 Å². The summed E-state index contributed by atoms with van der Waals surface area (Å²) in [6.07, 6.45) is 10.8. The van der Waals surface area contributed by atoms with Crippen molar-refractivity contribution in [3.05, 3.63) is 54.0 Å². The summed E-state index contributed by atoms with van der Waals surface area (Å²) >= 11 is 0. The van der Waals surface area contributed by atoms with Gasteiger partial charge in [-0.1, -0.05) is 24.3 Å². The number of aromatic nitrogens is 2. The molecule has 2 aliphatic rings. The van der Waals surface area contributed by atoms with E-state index in [1.165, 1.54) is 23.1 Å². The maximum absolute atomic E-state index is 13.2. The van der Waals surface area contributed by atoms with Gasteiger partial charge in [0.2, 0.25) is 17.8 Å². The molecule has 2 aromatic rings. The van der Waals surface area contributed by atoms with Gasteiger partial charge in [0.05, 0.1) is 18.3 Å². The van der Waals surface area contributed by atoms with Crippen LogP contribution >= 0.6 is 0 Å². The maximum atomic E-state index is 13.2. The van der Waals surface area contributed by atoms with E-state index in [9.17, 15) is 14.0 Å².